The molecule has 2 N–H and O–H groups in total. The van der Waals surface area contributed by atoms with Gasteiger partial charge in [0.1, 0.15) is 5.75 Å². The van der Waals surface area contributed by atoms with Gasteiger partial charge >= 0.3 is 5.97 Å². The van der Waals surface area contributed by atoms with E-state index in [1.807, 2.05) is 0 Å². The number of benzene rings is 2. The van der Waals surface area contributed by atoms with Gasteiger partial charge in [-0.25, -0.2) is 17.9 Å². The lowest BCUT2D eigenvalue weighted by Crippen LogP contribution is -2.24. The molecule has 22 heavy (non-hydrogen) atoms. The van der Waals surface area contributed by atoms with Crippen molar-refractivity contribution in [2.45, 2.75) is 11.4 Å². The van der Waals surface area contributed by atoms with Crippen LogP contribution in [0.4, 0.5) is 0 Å². The minimum atomic E-state index is -3.72. The standard InChI is InChI=1S/C15H15NO5S/c1-21-12-6-8-13(9-7-12)22(19,20)16-10-11-4-2-3-5-14(11)15(17)18/h2-9,16H,10H2,1H3,(H,17,18). The molecule has 0 atom stereocenters. The molecule has 0 heterocycles. The Morgan fingerprint density at radius 1 is 1.14 bits per heavy atom. The van der Waals surface area contributed by atoms with Gasteiger partial charge in [0, 0.05) is 6.54 Å². The molecule has 0 radical (unpaired) electrons. The Balaban J connectivity index is 2.18. The Hall–Kier alpha value is -2.38. The van der Waals surface area contributed by atoms with Gasteiger partial charge in [-0.3, -0.25) is 0 Å². The van der Waals surface area contributed by atoms with Crippen molar-refractivity contribution in [2.75, 3.05) is 7.11 Å². The highest BCUT2D eigenvalue weighted by molar-refractivity contribution is 7.89. The third-order valence-corrected chi connectivity index (χ3v) is 4.49. The number of aromatic carboxylic acids is 1. The van der Waals surface area contributed by atoms with Gasteiger partial charge in [0.15, 0.2) is 0 Å². The van der Waals surface area contributed by atoms with Crippen LogP contribution in [-0.4, -0.2) is 26.6 Å². The number of carbonyl (C=O) groups is 1. The van der Waals surface area contributed by atoms with Crippen LogP contribution in [0.3, 0.4) is 0 Å². The van der Waals surface area contributed by atoms with Crippen LogP contribution in [0.1, 0.15) is 15.9 Å². The van der Waals surface area contributed by atoms with Crippen LogP contribution in [0.5, 0.6) is 5.75 Å². The van der Waals surface area contributed by atoms with E-state index in [0.717, 1.165) is 0 Å². The highest BCUT2D eigenvalue weighted by Gasteiger charge is 2.16. The number of nitrogens with one attached hydrogen (secondary N) is 1. The van der Waals surface area contributed by atoms with Crippen LogP contribution in [0, 0.1) is 0 Å². The molecule has 0 saturated carbocycles. The second-order valence-corrected chi connectivity index (χ2v) is 6.23. The minimum absolute atomic E-state index is 0.0694. The van der Waals surface area contributed by atoms with Gasteiger partial charge in [-0.05, 0) is 35.9 Å². The summed E-state index contributed by atoms with van der Waals surface area (Å²) in [5.41, 5.74) is 0.465. The van der Waals surface area contributed by atoms with Gasteiger partial charge in [-0.1, -0.05) is 18.2 Å². The maximum atomic E-state index is 12.2. The number of hydrogen-bond donors (Lipinski definition) is 2. The minimum Gasteiger partial charge on any atom is -0.497 e. The van der Waals surface area contributed by atoms with Gasteiger partial charge < -0.3 is 9.84 Å². The summed E-state index contributed by atoms with van der Waals surface area (Å²) in [6, 6.07) is 12.2. The van der Waals surface area contributed by atoms with Gasteiger partial charge in [0.05, 0.1) is 17.6 Å². The van der Waals surface area contributed by atoms with Gasteiger partial charge in [-0.15, -0.1) is 0 Å². The molecule has 7 heteroatoms. The second-order valence-electron chi connectivity index (χ2n) is 4.46. The number of rotatable bonds is 6. The zero-order valence-electron chi connectivity index (χ0n) is 11.8. The first-order valence-electron chi connectivity index (χ1n) is 6.39. The SMILES string of the molecule is COc1ccc(S(=O)(=O)NCc2ccccc2C(=O)O)cc1. The fourth-order valence-corrected chi connectivity index (χ4v) is 2.90. The first-order valence-corrected chi connectivity index (χ1v) is 7.87. The van der Waals surface area contributed by atoms with E-state index in [1.54, 1.807) is 30.3 Å². The summed E-state index contributed by atoms with van der Waals surface area (Å²) in [6.07, 6.45) is 0. The Morgan fingerprint density at radius 3 is 2.36 bits per heavy atom. The Bertz CT molecular complexity index is 769. The first kappa shape index (κ1) is 16.0. The predicted molar refractivity (Wildman–Crippen MR) is 80.4 cm³/mol. The summed E-state index contributed by atoms with van der Waals surface area (Å²) in [7, 11) is -2.23. The highest BCUT2D eigenvalue weighted by atomic mass is 32.2. The van der Waals surface area contributed by atoms with Crippen molar-refractivity contribution in [1.82, 2.24) is 4.72 Å². The van der Waals surface area contributed by atoms with E-state index in [9.17, 15) is 13.2 Å². The summed E-state index contributed by atoms with van der Waals surface area (Å²) in [4.78, 5) is 11.2. The summed E-state index contributed by atoms with van der Waals surface area (Å²) in [5.74, 6) is -0.547. The van der Waals surface area contributed by atoms with E-state index < -0.39 is 16.0 Å². The maximum Gasteiger partial charge on any atom is 0.336 e. The lowest BCUT2D eigenvalue weighted by Gasteiger charge is -2.09. The van der Waals surface area contributed by atoms with E-state index in [1.165, 1.54) is 25.3 Å². The Kier molecular flexibility index (Phi) is 4.79. The molecule has 0 saturated heterocycles. The van der Waals surface area contributed by atoms with Gasteiger partial charge in [-0.2, -0.15) is 0 Å². The molecule has 2 rings (SSSR count). The van der Waals surface area contributed by atoms with Crippen LogP contribution >= 0.6 is 0 Å². The topological polar surface area (TPSA) is 92.7 Å². The lowest BCUT2D eigenvalue weighted by atomic mass is 10.1. The van der Waals surface area contributed by atoms with E-state index in [4.69, 9.17) is 9.84 Å². The molecule has 0 fully saturated rings. The number of ether oxygens (including phenoxy) is 1. The molecule has 0 aliphatic rings. The zero-order valence-corrected chi connectivity index (χ0v) is 12.6. The summed E-state index contributed by atoms with van der Waals surface area (Å²) < 4.78 is 31.7. The van der Waals surface area contributed by atoms with Crippen molar-refractivity contribution < 1.29 is 23.1 Å². The quantitative estimate of drug-likeness (QED) is 0.847. The predicted octanol–water partition coefficient (Wildman–Crippen LogP) is 1.87. The van der Waals surface area contributed by atoms with Gasteiger partial charge in [0.2, 0.25) is 10.0 Å². The molecular formula is C15H15NO5S. The highest BCUT2D eigenvalue weighted by Crippen LogP contribution is 2.16. The smallest absolute Gasteiger partial charge is 0.336 e. The van der Waals surface area contributed by atoms with Crippen LogP contribution in [-0.2, 0) is 16.6 Å². The first-order chi connectivity index (χ1) is 10.4. The largest absolute Gasteiger partial charge is 0.497 e. The Morgan fingerprint density at radius 2 is 1.77 bits per heavy atom. The lowest BCUT2D eigenvalue weighted by molar-refractivity contribution is 0.0695. The molecule has 0 unspecified atom stereocenters. The number of carboxylic acid groups (broad SMARTS) is 1. The third-order valence-electron chi connectivity index (χ3n) is 3.07. The molecule has 0 aliphatic carbocycles. The van der Waals surface area contributed by atoms with E-state index in [-0.39, 0.29) is 17.0 Å². The average Bonchev–Trinajstić information content (AvgIpc) is 2.53. The average molecular weight is 321 g/mol. The molecule has 0 aromatic heterocycles. The molecule has 0 aliphatic heterocycles. The molecule has 6 nitrogen and oxygen atoms in total. The van der Waals surface area contributed by atoms with Crippen LogP contribution in [0.15, 0.2) is 53.4 Å². The second kappa shape index (κ2) is 6.59. The maximum absolute atomic E-state index is 12.2. The van der Waals surface area contributed by atoms with E-state index in [0.29, 0.717) is 11.3 Å². The molecule has 2 aromatic rings. The summed E-state index contributed by atoms with van der Waals surface area (Å²) in [6.45, 7) is -0.100. The van der Waals surface area contributed by atoms with Crippen molar-refractivity contribution >= 4 is 16.0 Å². The zero-order chi connectivity index (χ0) is 16.2. The molecule has 0 bridgehead atoms. The molecule has 0 amide bonds. The summed E-state index contributed by atoms with van der Waals surface area (Å²) >= 11 is 0. The fraction of sp³-hybridized carbons (Fsp3) is 0.133. The normalized spacial score (nSPS) is 11.1. The number of carboxylic acids is 1. The monoisotopic (exact) mass is 321 g/mol. The number of hydrogen-bond acceptors (Lipinski definition) is 4. The van der Waals surface area contributed by atoms with Crippen molar-refractivity contribution in [3.8, 4) is 5.75 Å². The van der Waals surface area contributed by atoms with Crippen molar-refractivity contribution in [3.05, 3.63) is 59.7 Å². The molecular weight excluding hydrogens is 306 g/mol. The molecule has 0 spiro atoms. The van der Waals surface area contributed by atoms with Crippen LogP contribution in [0.2, 0.25) is 0 Å². The number of methoxy groups -OCH3 is 1. The number of sulfonamides is 1. The Labute approximate surface area is 128 Å². The van der Waals surface area contributed by atoms with Crippen LogP contribution in [0.25, 0.3) is 0 Å². The fourth-order valence-electron chi connectivity index (χ4n) is 1.89. The summed E-state index contributed by atoms with van der Waals surface area (Å²) in [5, 5.41) is 9.08. The van der Waals surface area contributed by atoms with E-state index in [2.05, 4.69) is 4.72 Å². The van der Waals surface area contributed by atoms with Crippen LogP contribution < -0.4 is 9.46 Å². The van der Waals surface area contributed by atoms with Gasteiger partial charge in [0.25, 0.3) is 0 Å². The van der Waals surface area contributed by atoms with Crippen molar-refractivity contribution in [2.24, 2.45) is 0 Å². The molecule has 116 valence electrons. The molecule has 2 aromatic carbocycles. The van der Waals surface area contributed by atoms with Crippen molar-refractivity contribution in [3.63, 3.8) is 0 Å². The van der Waals surface area contributed by atoms with E-state index >= 15 is 0 Å². The van der Waals surface area contributed by atoms with Crippen molar-refractivity contribution in [1.29, 1.82) is 0 Å². The third kappa shape index (κ3) is 3.63.